The molecule has 0 radical (unpaired) electrons. The third-order valence-corrected chi connectivity index (χ3v) is 6.86. The molecule has 0 atom stereocenters. The molecule has 0 unspecified atom stereocenters. The Morgan fingerprint density at radius 2 is 1.94 bits per heavy atom. The van der Waals surface area contributed by atoms with Crippen molar-refractivity contribution in [3.63, 3.8) is 0 Å². The predicted octanol–water partition coefficient (Wildman–Crippen LogP) is 4.60. The van der Waals surface area contributed by atoms with Gasteiger partial charge in [-0.1, -0.05) is 30.0 Å². The molecule has 0 aliphatic heterocycles. The van der Waals surface area contributed by atoms with Gasteiger partial charge in [0.05, 0.1) is 29.3 Å². The van der Waals surface area contributed by atoms with Gasteiger partial charge in [0, 0.05) is 17.9 Å². The van der Waals surface area contributed by atoms with Crippen molar-refractivity contribution in [3.05, 3.63) is 88.4 Å². The summed E-state index contributed by atoms with van der Waals surface area (Å²) in [5.41, 5.74) is 3.20. The number of benzene rings is 2. The normalized spacial score (nSPS) is 10.7. The highest BCUT2D eigenvalue weighted by atomic mass is 32.2. The molecular formula is C27H25N5O3S. The fraction of sp³-hybridized carbons (Fsp3) is 0.185. The summed E-state index contributed by atoms with van der Waals surface area (Å²) in [7, 11) is 1.59. The number of nitriles is 1. The van der Waals surface area contributed by atoms with Crippen molar-refractivity contribution in [2.24, 2.45) is 0 Å². The number of aromatic nitrogens is 3. The summed E-state index contributed by atoms with van der Waals surface area (Å²) in [5.74, 6) is 0.782. The van der Waals surface area contributed by atoms with E-state index in [0.717, 1.165) is 28.7 Å². The van der Waals surface area contributed by atoms with E-state index in [1.165, 1.54) is 4.57 Å². The van der Waals surface area contributed by atoms with Gasteiger partial charge in [0.2, 0.25) is 5.91 Å². The van der Waals surface area contributed by atoms with E-state index >= 15 is 0 Å². The van der Waals surface area contributed by atoms with Crippen molar-refractivity contribution in [1.82, 2.24) is 14.1 Å². The third kappa shape index (κ3) is 4.63. The van der Waals surface area contributed by atoms with Gasteiger partial charge in [0.15, 0.2) is 5.16 Å². The van der Waals surface area contributed by atoms with Crippen LogP contribution in [0.15, 0.2) is 71.1 Å². The molecule has 1 N–H and O–H groups in total. The Labute approximate surface area is 212 Å². The minimum atomic E-state index is -0.323. The van der Waals surface area contributed by atoms with Gasteiger partial charge in [-0.05, 0) is 55.8 Å². The van der Waals surface area contributed by atoms with Crippen LogP contribution >= 0.6 is 11.8 Å². The van der Waals surface area contributed by atoms with Gasteiger partial charge < -0.3 is 10.1 Å². The molecule has 0 spiro atoms. The van der Waals surface area contributed by atoms with Gasteiger partial charge in [-0.25, -0.2) is 4.98 Å². The Bertz CT molecular complexity index is 1560. The Morgan fingerprint density at radius 1 is 1.22 bits per heavy atom. The number of allylic oxidation sites excluding steroid dienone is 1. The van der Waals surface area contributed by atoms with Crippen molar-refractivity contribution in [1.29, 1.82) is 5.26 Å². The van der Waals surface area contributed by atoms with Crippen molar-refractivity contribution in [2.45, 2.75) is 25.5 Å². The van der Waals surface area contributed by atoms with Gasteiger partial charge in [0.25, 0.3) is 5.56 Å². The fourth-order valence-corrected chi connectivity index (χ4v) is 4.77. The fourth-order valence-electron chi connectivity index (χ4n) is 3.96. The van der Waals surface area contributed by atoms with E-state index in [9.17, 15) is 14.9 Å². The number of amides is 1. The van der Waals surface area contributed by atoms with Crippen LogP contribution in [-0.4, -0.2) is 32.9 Å². The van der Waals surface area contributed by atoms with Gasteiger partial charge in [-0.2, -0.15) is 5.26 Å². The third-order valence-electron chi connectivity index (χ3n) is 5.88. The number of anilines is 1. The molecular weight excluding hydrogens is 474 g/mol. The number of hydrogen-bond donors (Lipinski definition) is 1. The molecule has 0 aliphatic rings. The van der Waals surface area contributed by atoms with E-state index in [1.54, 1.807) is 31.4 Å². The van der Waals surface area contributed by atoms with Crippen molar-refractivity contribution in [2.75, 3.05) is 18.2 Å². The van der Waals surface area contributed by atoms with E-state index in [2.05, 4.69) is 22.9 Å². The quantitative estimate of drug-likeness (QED) is 0.216. The zero-order valence-electron chi connectivity index (χ0n) is 20.2. The summed E-state index contributed by atoms with van der Waals surface area (Å²) in [6, 6.07) is 16.7. The number of nitrogens with one attached hydrogen (secondary N) is 1. The second-order valence-corrected chi connectivity index (χ2v) is 8.97. The van der Waals surface area contributed by atoms with E-state index in [4.69, 9.17) is 4.74 Å². The number of methoxy groups -OCH3 is 1. The number of carbonyl (C=O) groups is 1. The van der Waals surface area contributed by atoms with Crippen LogP contribution in [0.25, 0.3) is 16.6 Å². The van der Waals surface area contributed by atoms with Crippen molar-refractivity contribution >= 4 is 34.4 Å². The minimum absolute atomic E-state index is 0.00131. The lowest BCUT2D eigenvalue weighted by atomic mass is 10.2. The summed E-state index contributed by atoms with van der Waals surface area (Å²) in [6.45, 7) is 7.76. The van der Waals surface area contributed by atoms with Crippen LogP contribution in [0.3, 0.4) is 0 Å². The number of carbonyl (C=O) groups excluding carboxylic acids is 1. The first-order valence-corrected chi connectivity index (χ1v) is 12.2. The van der Waals surface area contributed by atoms with E-state index in [1.807, 2.05) is 48.7 Å². The van der Waals surface area contributed by atoms with Crippen LogP contribution in [0.2, 0.25) is 0 Å². The van der Waals surface area contributed by atoms with Crippen molar-refractivity contribution < 1.29 is 9.53 Å². The van der Waals surface area contributed by atoms with E-state index in [-0.39, 0.29) is 23.8 Å². The highest BCUT2D eigenvalue weighted by Crippen LogP contribution is 2.31. The number of hydrogen-bond acceptors (Lipinski definition) is 6. The molecule has 36 heavy (non-hydrogen) atoms. The molecule has 0 fully saturated rings. The molecule has 8 nitrogen and oxygen atoms in total. The van der Waals surface area contributed by atoms with Gasteiger partial charge in [-0.3, -0.25) is 18.7 Å². The molecule has 0 bridgehead atoms. The Hall–Kier alpha value is -4.29. The summed E-state index contributed by atoms with van der Waals surface area (Å²) in [4.78, 5) is 30.6. The van der Waals surface area contributed by atoms with Crippen LogP contribution in [0.5, 0.6) is 5.75 Å². The highest BCUT2D eigenvalue weighted by molar-refractivity contribution is 7.99. The van der Waals surface area contributed by atoms with Gasteiger partial charge in [-0.15, -0.1) is 6.58 Å². The average molecular weight is 500 g/mol. The molecule has 0 aliphatic carbocycles. The molecule has 0 saturated heterocycles. The smallest absolute Gasteiger partial charge is 0.262 e. The second-order valence-electron chi connectivity index (χ2n) is 8.03. The number of nitrogens with zero attached hydrogens (tertiary/aromatic N) is 4. The SMILES string of the molecule is C=CCn1c(SCC(=O)Nc2c(C#N)c(C)c(C)n2-c2ccc(OC)cc2)nc2ccccc2c1=O. The Balaban J connectivity index is 1.64. The largest absolute Gasteiger partial charge is 0.497 e. The van der Waals surface area contributed by atoms with Crippen LogP contribution in [0.4, 0.5) is 5.82 Å². The lowest BCUT2D eigenvalue weighted by Gasteiger charge is -2.14. The highest BCUT2D eigenvalue weighted by Gasteiger charge is 2.21. The van der Waals surface area contributed by atoms with Gasteiger partial charge in [0.1, 0.15) is 17.6 Å². The van der Waals surface area contributed by atoms with Crippen molar-refractivity contribution in [3.8, 4) is 17.5 Å². The maximum atomic E-state index is 13.1. The maximum absolute atomic E-state index is 13.1. The summed E-state index contributed by atoms with van der Waals surface area (Å²) < 4.78 is 8.59. The predicted molar refractivity (Wildman–Crippen MR) is 142 cm³/mol. The molecule has 182 valence electrons. The van der Waals surface area contributed by atoms with E-state index in [0.29, 0.717) is 33.2 Å². The minimum Gasteiger partial charge on any atom is -0.497 e. The maximum Gasteiger partial charge on any atom is 0.262 e. The monoisotopic (exact) mass is 499 g/mol. The standard InChI is InChI=1S/C27H25N5O3S/c1-5-14-31-26(34)21-8-6-7-9-23(21)29-27(31)36-16-24(33)30-25-22(15-28)17(2)18(3)32(25)19-10-12-20(35-4)13-11-19/h5-13H,1,14,16H2,2-4H3,(H,30,33). The number of fused-ring (bicyclic) bond motifs is 1. The molecule has 9 heteroatoms. The first kappa shape index (κ1) is 24.8. The second kappa shape index (κ2) is 10.5. The summed E-state index contributed by atoms with van der Waals surface area (Å²) in [5, 5.41) is 13.7. The summed E-state index contributed by atoms with van der Waals surface area (Å²) in [6.07, 6.45) is 1.62. The van der Waals surface area contributed by atoms with E-state index < -0.39 is 0 Å². The molecule has 2 heterocycles. The van der Waals surface area contributed by atoms with Crippen LogP contribution in [0, 0.1) is 25.2 Å². The number of rotatable bonds is 8. The van der Waals surface area contributed by atoms with Crippen LogP contribution < -0.4 is 15.6 Å². The molecule has 1 amide bonds. The Morgan fingerprint density at radius 3 is 2.61 bits per heavy atom. The average Bonchev–Trinajstić information content (AvgIpc) is 3.13. The molecule has 2 aromatic carbocycles. The zero-order valence-corrected chi connectivity index (χ0v) is 21.1. The van der Waals surface area contributed by atoms with Crippen LogP contribution in [0.1, 0.15) is 16.8 Å². The Kier molecular flexibility index (Phi) is 7.27. The zero-order chi connectivity index (χ0) is 25.8. The van der Waals surface area contributed by atoms with Crippen LogP contribution in [-0.2, 0) is 11.3 Å². The van der Waals surface area contributed by atoms with Gasteiger partial charge >= 0.3 is 0 Å². The number of thioether (sulfide) groups is 1. The first-order chi connectivity index (χ1) is 17.4. The number of para-hydroxylation sites is 1. The number of ether oxygens (including phenoxy) is 1. The molecule has 4 aromatic rings. The molecule has 0 saturated carbocycles. The molecule has 2 aromatic heterocycles. The first-order valence-electron chi connectivity index (χ1n) is 11.2. The lowest BCUT2D eigenvalue weighted by Crippen LogP contribution is -2.24. The topological polar surface area (TPSA) is 102 Å². The molecule has 4 rings (SSSR count). The summed E-state index contributed by atoms with van der Waals surface area (Å²) >= 11 is 1.16. The lowest BCUT2D eigenvalue weighted by molar-refractivity contribution is -0.113.